The number of fused-ring (bicyclic) bond motifs is 1. The van der Waals surface area contributed by atoms with Gasteiger partial charge in [-0.15, -0.1) is 0 Å². The van der Waals surface area contributed by atoms with Crippen LogP contribution in [0.15, 0.2) is 11.6 Å². The van der Waals surface area contributed by atoms with Crippen LogP contribution in [0.25, 0.3) is 0 Å². The zero-order chi connectivity index (χ0) is 18.1. The molecule has 0 unspecified atom stereocenters. The maximum atomic E-state index is 12.0. The molecule has 0 radical (unpaired) electrons. The first-order chi connectivity index (χ1) is 11.9. The molecule has 3 rings (SSSR count). The van der Waals surface area contributed by atoms with Crippen molar-refractivity contribution in [3.8, 4) is 5.75 Å². The average Bonchev–Trinajstić information content (AvgIpc) is 3.15. The fraction of sp³-hybridized carbons (Fsp3) is 0.500. The summed E-state index contributed by atoms with van der Waals surface area (Å²) >= 11 is 0. The summed E-state index contributed by atoms with van der Waals surface area (Å²) in [4.78, 5) is 23.0. The summed E-state index contributed by atoms with van der Waals surface area (Å²) in [7, 11) is 0. The third-order valence-electron chi connectivity index (χ3n) is 5.53. The van der Waals surface area contributed by atoms with Crippen molar-refractivity contribution in [1.29, 1.82) is 0 Å². The van der Waals surface area contributed by atoms with Crippen molar-refractivity contribution in [3.05, 3.63) is 39.5 Å². The van der Waals surface area contributed by atoms with Crippen molar-refractivity contribution < 1.29 is 24.5 Å². The number of ether oxygens (including phenoxy) is 1. The number of phenolic OH excluding ortho intramolecular Hbond substituents is 1. The Kier molecular flexibility index (Phi) is 4.84. The predicted molar refractivity (Wildman–Crippen MR) is 92.7 cm³/mol. The van der Waals surface area contributed by atoms with Crippen LogP contribution >= 0.6 is 0 Å². The van der Waals surface area contributed by atoms with Crippen molar-refractivity contribution in [1.82, 2.24) is 0 Å². The number of carbonyl (C=O) groups excluding carboxylic acids is 1. The van der Waals surface area contributed by atoms with Crippen molar-refractivity contribution in [2.75, 3.05) is 0 Å². The summed E-state index contributed by atoms with van der Waals surface area (Å²) in [6, 6.07) is 0. The lowest BCUT2D eigenvalue weighted by atomic mass is 9.88. The number of hydrogen-bond donors (Lipinski definition) is 2. The molecule has 0 amide bonds. The van der Waals surface area contributed by atoms with Gasteiger partial charge in [0.1, 0.15) is 17.9 Å². The van der Waals surface area contributed by atoms with Gasteiger partial charge in [-0.05, 0) is 56.1 Å². The van der Waals surface area contributed by atoms with E-state index in [-0.39, 0.29) is 24.7 Å². The zero-order valence-electron chi connectivity index (χ0n) is 14.7. The lowest BCUT2D eigenvalue weighted by Crippen LogP contribution is -2.07. The third kappa shape index (κ3) is 3.15. The normalized spacial score (nSPS) is 20.8. The van der Waals surface area contributed by atoms with Gasteiger partial charge in [-0.2, -0.15) is 0 Å². The highest BCUT2D eigenvalue weighted by Gasteiger charge is 2.31. The van der Waals surface area contributed by atoms with Crippen LogP contribution in [-0.4, -0.2) is 22.2 Å². The molecule has 0 spiro atoms. The lowest BCUT2D eigenvalue weighted by Gasteiger charge is -2.16. The minimum atomic E-state index is -0.772. The number of esters is 1. The molecule has 1 atom stereocenters. The number of hydrogen-bond acceptors (Lipinski definition) is 4. The van der Waals surface area contributed by atoms with Crippen LogP contribution in [0, 0.1) is 12.8 Å². The second-order valence-electron chi connectivity index (χ2n) is 6.88. The van der Waals surface area contributed by atoms with Crippen molar-refractivity contribution in [3.63, 3.8) is 0 Å². The maximum Gasteiger partial charge on any atom is 0.342 e. The second kappa shape index (κ2) is 6.90. The summed E-state index contributed by atoms with van der Waals surface area (Å²) in [6.45, 7) is 4.23. The van der Waals surface area contributed by atoms with E-state index in [1.807, 2.05) is 13.8 Å². The van der Waals surface area contributed by atoms with E-state index in [1.165, 1.54) is 0 Å². The van der Waals surface area contributed by atoms with E-state index in [0.29, 0.717) is 12.0 Å². The van der Waals surface area contributed by atoms with E-state index in [9.17, 15) is 14.7 Å². The first-order valence-corrected chi connectivity index (χ1v) is 8.88. The van der Waals surface area contributed by atoms with Gasteiger partial charge in [-0.1, -0.05) is 18.6 Å². The van der Waals surface area contributed by atoms with Gasteiger partial charge in [0.2, 0.25) is 0 Å². The quantitative estimate of drug-likeness (QED) is 0.629. The van der Waals surface area contributed by atoms with Gasteiger partial charge in [-0.25, -0.2) is 4.79 Å². The number of rotatable bonds is 5. The molecule has 1 heterocycles. The van der Waals surface area contributed by atoms with Gasteiger partial charge in [-0.3, -0.25) is 4.79 Å². The van der Waals surface area contributed by atoms with E-state index in [2.05, 4.69) is 6.08 Å². The van der Waals surface area contributed by atoms with Crippen molar-refractivity contribution in [2.24, 2.45) is 5.92 Å². The number of carboxylic acids is 1. The molecule has 2 N–H and O–H groups in total. The SMILES string of the molecule is CCc1c(C)c2c(c(O)c1C/C=C1\CCC[C@H]1CC(=O)O)C(=O)OC2. The molecule has 0 saturated heterocycles. The molecule has 1 aromatic rings. The van der Waals surface area contributed by atoms with E-state index in [0.717, 1.165) is 53.5 Å². The molecule has 5 nitrogen and oxygen atoms in total. The van der Waals surface area contributed by atoms with Crippen LogP contribution < -0.4 is 0 Å². The maximum absolute atomic E-state index is 12.0. The zero-order valence-corrected chi connectivity index (χ0v) is 14.7. The molecule has 1 saturated carbocycles. The van der Waals surface area contributed by atoms with Crippen LogP contribution in [-0.2, 0) is 29.0 Å². The van der Waals surface area contributed by atoms with Gasteiger partial charge < -0.3 is 14.9 Å². The van der Waals surface area contributed by atoms with Crippen molar-refractivity contribution in [2.45, 2.75) is 59.0 Å². The second-order valence-corrected chi connectivity index (χ2v) is 6.88. The van der Waals surface area contributed by atoms with Crippen LogP contribution in [0.2, 0.25) is 0 Å². The van der Waals surface area contributed by atoms with Gasteiger partial charge in [0, 0.05) is 11.1 Å². The number of benzene rings is 1. The van der Waals surface area contributed by atoms with Crippen molar-refractivity contribution >= 4 is 11.9 Å². The summed E-state index contributed by atoms with van der Waals surface area (Å²) < 4.78 is 5.10. The van der Waals surface area contributed by atoms with Gasteiger partial charge >= 0.3 is 11.9 Å². The summed E-state index contributed by atoms with van der Waals surface area (Å²) in [5, 5.41) is 19.7. The molecule has 134 valence electrons. The van der Waals surface area contributed by atoms with E-state index in [1.54, 1.807) is 0 Å². The third-order valence-corrected chi connectivity index (χ3v) is 5.53. The molecule has 1 aliphatic carbocycles. The predicted octanol–water partition coefficient (Wildman–Crippen LogP) is 3.68. The Hall–Kier alpha value is -2.30. The Balaban J connectivity index is 1.96. The highest BCUT2D eigenvalue weighted by Crippen LogP contribution is 2.39. The molecule has 1 fully saturated rings. The smallest absolute Gasteiger partial charge is 0.342 e. The molecule has 0 bridgehead atoms. The fourth-order valence-corrected chi connectivity index (χ4v) is 4.23. The number of phenols is 1. The number of cyclic esters (lactones) is 1. The average molecular weight is 344 g/mol. The number of carbonyl (C=O) groups is 2. The Bertz CT molecular complexity index is 760. The highest BCUT2D eigenvalue weighted by molar-refractivity contribution is 5.97. The Labute approximate surface area is 147 Å². The Morgan fingerprint density at radius 1 is 1.36 bits per heavy atom. The first-order valence-electron chi connectivity index (χ1n) is 8.88. The summed E-state index contributed by atoms with van der Waals surface area (Å²) in [6.07, 6.45) is 6.31. The standard InChI is InChI=1S/C20H24O5/c1-3-14-11(2)16-10-25-20(24)18(16)19(23)15(14)8-7-12-5-4-6-13(12)9-17(21)22/h7,13,23H,3-6,8-10H2,1-2H3,(H,21,22)/b12-7+/t13-/m0/s1. The van der Waals surface area contributed by atoms with Crippen LogP contribution in [0.5, 0.6) is 5.75 Å². The molecule has 1 aromatic carbocycles. The van der Waals surface area contributed by atoms with Gasteiger partial charge in [0.15, 0.2) is 0 Å². The lowest BCUT2D eigenvalue weighted by molar-refractivity contribution is -0.137. The molecule has 1 aliphatic heterocycles. The molecule has 2 aliphatic rings. The molecular weight excluding hydrogens is 320 g/mol. The molecule has 0 aromatic heterocycles. The topological polar surface area (TPSA) is 83.8 Å². The Morgan fingerprint density at radius 3 is 2.80 bits per heavy atom. The Morgan fingerprint density at radius 2 is 2.12 bits per heavy atom. The van der Waals surface area contributed by atoms with E-state index >= 15 is 0 Å². The monoisotopic (exact) mass is 344 g/mol. The van der Waals surface area contributed by atoms with Crippen LogP contribution in [0.3, 0.4) is 0 Å². The fourth-order valence-electron chi connectivity index (χ4n) is 4.23. The summed E-state index contributed by atoms with van der Waals surface area (Å²) in [5.41, 5.74) is 5.09. The van der Waals surface area contributed by atoms with Gasteiger partial charge in [0.05, 0.1) is 6.42 Å². The molecular formula is C20H24O5. The molecule has 5 heteroatoms. The summed E-state index contributed by atoms with van der Waals surface area (Å²) in [5.74, 6) is -1.11. The number of carboxylic acid groups (broad SMARTS) is 1. The molecule has 25 heavy (non-hydrogen) atoms. The largest absolute Gasteiger partial charge is 0.507 e. The minimum absolute atomic E-state index is 0.0320. The first kappa shape index (κ1) is 17.5. The minimum Gasteiger partial charge on any atom is -0.507 e. The highest BCUT2D eigenvalue weighted by atomic mass is 16.5. The number of aliphatic carboxylic acids is 1. The van der Waals surface area contributed by atoms with E-state index in [4.69, 9.17) is 9.84 Å². The number of aromatic hydroxyl groups is 1. The van der Waals surface area contributed by atoms with Gasteiger partial charge in [0.25, 0.3) is 0 Å². The van der Waals surface area contributed by atoms with Crippen LogP contribution in [0.1, 0.15) is 65.2 Å². The number of allylic oxidation sites excluding steroid dienone is 2. The van der Waals surface area contributed by atoms with Crippen LogP contribution in [0.4, 0.5) is 0 Å². The van der Waals surface area contributed by atoms with E-state index < -0.39 is 11.9 Å².